The van der Waals surface area contributed by atoms with Gasteiger partial charge in [0.05, 0.1) is 38.1 Å². The number of aliphatic hydroxyl groups is 2. The van der Waals surface area contributed by atoms with Crippen LogP contribution in [0.5, 0.6) is 23.0 Å². The molecule has 1 aliphatic heterocycles. The molecule has 4 aliphatic rings. The first-order chi connectivity index (χ1) is 29.2. The molecule has 3 aliphatic carbocycles. The van der Waals surface area contributed by atoms with E-state index >= 15 is 0 Å². The molecular weight excluding hydrogens is 767 g/mol. The molecule has 2 saturated carbocycles. The molecule has 0 aromatic heterocycles. The number of likely N-dealkylation sites (N-methyl/N-ethyl adjacent to an activating group) is 1. The smallest absolute Gasteiger partial charge is 0.417 e. The third-order valence-corrected chi connectivity index (χ3v) is 12.9. The van der Waals surface area contributed by atoms with Crippen LogP contribution in [0.3, 0.4) is 0 Å². The number of carbonyl (C=O) groups is 2. The van der Waals surface area contributed by atoms with Crippen molar-refractivity contribution in [1.29, 1.82) is 0 Å². The van der Waals surface area contributed by atoms with E-state index in [1.54, 1.807) is 37.5 Å². The van der Waals surface area contributed by atoms with Gasteiger partial charge in [0, 0.05) is 50.7 Å². The van der Waals surface area contributed by atoms with Crippen molar-refractivity contribution in [2.24, 2.45) is 28.8 Å². The molecule has 6 rings (SSSR count). The van der Waals surface area contributed by atoms with Crippen LogP contribution in [-0.2, 0) is 14.4 Å². The van der Waals surface area contributed by atoms with Gasteiger partial charge in [-0.05, 0) is 92.7 Å². The number of nitrogens with zero attached hydrogens (tertiary/aromatic N) is 2. The molecule has 13 heteroatoms. The van der Waals surface area contributed by atoms with Gasteiger partial charge in [0.15, 0.2) is 0 Å². The number of unbranched alkanes of at least 4 members (excludes halogenated alkanes) is 2. The Kier molecular flexibility index (Phi) is 15.9. The predicted molar refractivity (Wildman–Crippen MR) is 230 cm³/mol. The number of anilines is 1. The first-order valence-electron chi connectivity index (χ1n) is 21.9. The number of oxime groups is 1. The maximum Gasteiger partial charge on any atom is 0.417 e. The van der Waals surface area contributed by atoms with Crippen LogP contribution in [-0.4, -0.2) is 92.3 Å². The molecule has 0 spiro atoms. The number of carbonyl (C=O) groups excluding carboxylic acids is 2. The standard InChI is InChI=1S/C47H65N3O10/c1-6-26-57-47-42(50(3)43(53)23-18-31-14-8-9-15-31)30-39(49-58-7-2)36-27-32(16-10-12-24-51)35(17-11-13-25-52)44(45(36)47)37-28-34(20-22-40(37)60-47)59-46(54)48-38-21-19-33(55-4)29-41(38)56-5/h6,19-22,27-29,31-32,35,42,44-45,51-52H,1,7-18,23-26,30H2,2-5H3,(H,48,54)/t32-,35+,42-,44+,45+,47+/m0/s1. The highest BCUT2D eigenvalue weighted by Crippen LogP contribution is 2.62. The second-order valence-corrected chi connectivity index (χ2v) is 16.5. The van der Waals surface area contributed by atoms with Crippen LogP contribution < -0.4 is 24.3 Å². The predicted octanol–water partition coefficient (Wildman–Crippen LogP) is 8.40. The highest BCUT2D eigenvalue weighted by molar-refractivity contribution is 6.03. The number of aliphatic hydroxyl groups excluding tert-OH is 2. The summed E-state index contributed by atoms with van der Waals surface area (Å²) in [5, 5.41) is 27.3. The zero-order chi connectivity index (χ0) is 42.6. The highest BCUT2D eigenvalue weighted by atomic mass is 16.7. The summed E-state index contributed by atoms with van der Waals surface area (Å²) < 4.78 is 31.0. The molecule has 3 N–H and O–H groups in total. The number of methoxy groups -OCH3 is 2. The summed E-state index contributed by atoms with van der Waals surface area (Å²) in [6.07, 6.45) is 14.2. The Morgan fingerprint density at radius 3 is 2.45 bits per heavy atom. The van der Waals surface area contributed by atoms with E-state index in [1.807, 2.05) is 31.0 Å². The third kappa shape index (κ3) is 9.95. The lowest BCUT2D eigenvalue weighted by Gasteiger charge is -2.59. The van der Waals surface area contributed by atoms with Crippen molar-refractivity contribution in [3.63, 3.8) is 0 Å². The van der Waals surface area contributed by atoms with E-state index < -0.39 is 23.8 Å². The fraction of sp³-hybridized carbons (Fsp3) is 0.596. The molecule has 0 bridgehead atoms. The number of benzene rings is 2. The fourth-order valence-corrected chi connectivity index (χ4v) is 10.1. The zero-order valence-electron chi connectivity index (χ0n) is 35.9. The monoisotopic (exact) mass is 831 g/mol. The van der Waals surface area contributed by atoms with Gasteiger partial charge < -0.3 is 43.6 Å². The minimum atomic E-state index is -1.34. The van der Waals surface area contributed by atoms with Gasteiger partial charge >= 0.3 is 6.09 Å². The van der Waals surface area contributed by atoms with Crippen LogP contribution in [0.25, 0.3) is 0 Å². The lowest BCUT2D eigenvalue weighted by Crippen LogP contribution is -2.69. The van der Waals surface area contributed by atoms with E-state index in [0.717, 1.165) is 61.8 Å². The SMILES string of the molecule is C=CCO[C@@]12Oc3ccc(OC(=O)Nc4ccc(OC)cc4OC)cc3[C@H]3[C@H](CCCCO)[C@@H](CCCCO)C=C(C(=NOCC)C[C@@H]1N(C)C(=O)CCC1CCCC1)[C@H]32. The maximum atomic E-state index is 14.3. The number of fused-ring (bicyclic) bond motifs is 2. The van der Waals surface area contributed by atoms with Gasteiger partial charge in [-0.25, -0.2) is 4.79 Å². The number of nitrogens with one attached hydrogen (secondary N) is 1. The molecule has 2 fully saturated rings. The largest absolute Gasteiger partial charge is 0.497 e. The van der Waals surface area contributed by atoms with E-state index in [1.165, 1.54) is 20.0 Å². The Hall–Kier alpha value is -4.59. The molecule has 2 aromatic rings. The van der Waals surface area contributed by atoms with Crippen LogP contribution in [0.2, 0.25) is 0 Å². The van der Waals surface area contributed by atoms with Crippen LogP contribution in [0.4, 0.5) is 10.5 Å². The number of allylic oxidation sites excluding steroid dienone is 1. The van der Waals surface area contributed by atoms with Crippen molar-refractivity contribution >= 4 is 23.4 Å². The molecule has 0 radical (unpaired) electrons. The topological polar surface area (TPSA) is 158 Å². The Labute approximate surface area is 355 Å². The van der Waals surface area contributed by atoms with Crippen LogP contribution in [0, 0.1) is 23.7 Å². The van der Waals surface area contributed by atoms with Crippen molar-refractivity contribution < 1.29 is 48.3 Å². The summed E-state index contributed by atoms with van der Waals surface area (Å²) in [7, 11) is 4.92. The Morgan fingerprint density at radius 1 is 1.00 bits per heavy atom. The van der Waals surface area contributed by atoms with Gasteiger partial charge in [-0.2, -0.15) is 0 Å². The molecule has 0 saturated heterocycles. The van der Waals surface area contributed by atoms with Crippen molar-refractivity contribution in [1.82, 2.24) is 4.90 Å². The van der Waals surface area contributed by atoms with Crippen molar-refractivity contribution in [3.05, 3.63) is 66.3 Å². The van der Waals surface area contributed by atoms with Crippen molar-refractivity contribution in [2.45, 2.75) is 108 Å². The lowest BCUT2D eigenvalue weighted by molar-refractivity contribution is -0.255. The van der Waals surface area contributed by atoms with Crippen molar-refractivity contribution in [3.8, 4) is 23.0 Å². The number of hydrogen-bond acceptors (Lipinski definition) is 11. The molecule has 0 unspecified atom stereocenters. The third-order valence-electron chi connectivity index (χ3n) is 12.9. The maximum absolute atomic E-state index is 14.3. The van der Waals surface area contributed by atoms with Crippen molar-refractivity contribution in [2.75, 3.05) is 53.0 Å². The van der Waals surface area contributed by atoms with E-state index in [2.05, 4.69) is 18.0 Å². The van der Waals surface area contributed by atoms with Crippen LogP contribution in [0.15, 0.2) is 65.9 Å². The number of ether oxygens (including phenoxy) is 5. The van der Waals surface area contributed by atoms with E-state index in [-0.39, 0.29) is 43.5 Å². The molecular formula is C47H65N3O10. The molecule has 328 valence electrons. The second-order valence-electron chi connectivity index (χ2n) is 16.5. The summed E-state index contributed by atoms with van der Waals surface area (Å²) >= 11 is 0. The molecule has 13 nitrogen and oxygen atoms in total. The van der Waals surface area contributed by atoms with Gasteiger partial charge in [-0.1, -0.05) is 55.8 Å². The zero-order valence-corrected chi connectivity index (χ0v) is 35.9. The molecule has 2 amide bonds. The van der Waals surface area contributed by atoms with E-state index in [9.17, 15) is 19.8 Å². The van der Waals surface area contributed by atoms with Crippen LogP contribution >= 0.6 is 0 Å². The molecule has 1 heterocycles. The Balaban J connectivity index is 1.46. The number of amides is 2. The lowest BCUT2D eigenvalue weighted by atomic mass is 9.55. The summed E-state index contributed by atoms with van der Waals surface area (Å²) in [6.45, 7) is 6.63. The minimum absolute atomic E-state index is 0.0291. The number of hydrogen-bond donors (Lipinski definition) is 3. The first kappa shape index (κ1) is 44.9. The molecule has 6 atom stereocenters. The van der Waals surface area contributed by atoms with Gasteiger partial charge in [-0.15, -0.1) is 6.58 Å². The highest BCUT2D eigenvalue weighted by Gasteiger charge is 2.65. The minimum Gasteiger partial charge on any atom is -0.497 e. The van der Waals surface area contributed by atoms with Gasteiger partial charge in [0.1, 0.15) is 35.6 Å². The average Bonchev–Trinajstić information content (AvgIpc) is 3.79. The summed E-state index contributed by atoms with van der Waals surface area (Å²) in [4.78, 5) is 35.4. The van der Waals surface area contributed by atoms with Gasteiger partial charge in [0.2, 0.25) is 11.7 Å². The average molecular weight is 832 g/mol. The summed E-state index contributed by atoms with van der Waals surface area (Å²) in [5.74, 6) is 0.544. The fourth-order valence-electron chi connectivity index (χ4n) is 10.1. The van der Waals surface area contributed by atoms with E-state index in [0.29, 0.717) is 66.9 Å². The molecule has 60 heavy (non-hydrogen) atoms. The first-order valence-corrected chi connectivity index (χ1v) is 21.9. The number of rotatable bonds is 21. The Bertz CT molecular complexity index is 1840. The molecule has 2 aromatic carbocycles. The van der Waals surface area contributed by atoms with Gasteiger partial charge in [0.25, 0.3) is 0 Å². The van der Waals surface area contributed by atoms with Crippen LogP contribution in [0.1, 0.15) is 102 Å². The van der Waals surface area contributed by atoms with E-state index in [4.69, 9.17) is 33.7 Å². The second kappa shape index (κ2) is 21.3. The normalized spacial score (nSPS) is 25.0. The Morgan fingerprint density at radius 2 is 1.75 bits per heavy atom. The van der Waals surface area contributed by atoms with Gasteiger partial charge in [-0.3, -0.25) is 10.1 Å². The quantitative estimate of drug-likeness (QED) is 0.0634. The summed E-state index contributed by atoms with van der Waals surface area (Å²) in [5.41, 5.74) is 2.97. The summed E-state index contributed by atoms with van der Waals surface area (Å²) in [6, 6.07) is 9.93.